The number of rotatable bonds is 1. The van der Waals surface area contributed by atoms with Gasteiger partial charge in [0.15, 0.2) is 0 Å². The summed E-state index contributed by atoms with van der Waals surface area (Å²) in [4.78, 5) is 0. The smallest absolute Gasteiger partial charge is 0.130 e. The van der Waals surface area contributed by atoms with Crippen LogP contribution in [-0.2, 0) is 0 Å². The van der Waals surface area contributed by atoms with Gasteiger partial charge in [0.25, 0.3) is 0 Å². The highest BCUT2D eigenvalue weighted by Crippen LogP contribution is 2.24. The molecule has 0 spiro atoms. The Kier molecular flexibility index (Phi) is 1.75. The summed E-state index contributed by atoms with van der Waals surface area (Å²) in [6.07, 6.45) is 7.38. The second-order valence-electron chi connectivity index (χ2n) is 2.72. The van der Waals surface area contributed by atoms with Gasteiger partial charge in [-0.1, -0.05) is 24.8 Å². The first-order valence-electron chi connectivity index (χ1n) is 3.35. The molecule has 1 aliphatic rings. The Morgan fingerprint density at radius 2 is 2.50 bits per heavy atom. The standard InChI is InChI=1S/C9H11F/c1-3-8-4-6-9(2,10)7-5-8/h3-6H,1,7H2,2H3. The van der Waals surface area contributed by atoms with Crippen molar-refractivity contribution in [1.29, 1.82) is 0 Å². The fraction of sp³-hybridized carbons (Fsp3) is 0.333. The summed E-state index contributed by atoms with van der Waals surface area (Å²) in [7, 11) is 0. The van der Waals surface area contributed by atoms with E-state index in [0.717, 1.165) is 5.57 Å². The van der Waals surface area contributed by atoms with Gasteiger partial charge in [0.05, 0.1) is 0 Å². The normalized spacial score (nSPS) is 31.6. The largest absolute Gasteiger partial charge is 0.239 e. The summed E-state index contributed by atoms with van der Waals surface area (Å²) >= 11 is 0. The molecule has 1 unspecified atom stereocenters. The third kappa shape index (κ3) is 1.56. The van der Waals surface area contributed by atoms with Gasteiger partial charge in [-0.3, -0.25) is 0 Å². The fourth-order valence-corrected chi connectivity index (χ4v) is 0.875. The van der Waals surface area contributed by atoms with Gasteiger partial charge in [-0.2, -0.15) is 0 Å². The van der Waals surface area contributed by atoms with Crippen molar-refractivity contribution in [2.24, 2.45) is 0 Å². The molecule has 0 heterocycles. The molecule has 0 fully saturated rings. The predicted octanol–water partition coefficient (Wildman–Crippen LogP) is 2.79. The Hall–Kier alpha value is -0.850. The molecule has 54 valence electrons. The summed E-state index contributed by atoms with van der Waals surface area (Å²) in [5.41, 5.74) is -0.137. The van der Waals surface area contributed by atoms with E-state index < -0.39 is 5.67 Å². The Morgan fingerprint density at radius 3 is 2.90 bits per heavy atom. The van der Waals surface area contributed by atoms with Crippen molar-refractivity contribution in [1.82, 2.24) is 0 Å². The molecule has 0 aromatic carbocycles. The summed E-state index contributed by atoms with van der Waals surface area (Å²) < 4.78 is 13.0. The van der Waals surface area contributed by atoms with Crippen molar-refractivity contribution in [3.63, 3.8) is 0 Å². The molecule has 0 saturated heterocycles. The van der Waals surface area contributed by atoms with Crippen molar-refractivity contribution < 1.29 is 4.39 Å². The van der Waals surface area contributed by atoms with E-state index in [1.165, 1.54) is 0 Å². The zero-order valence-electron chi connectivity index (χ0n) is 6.10. The van der Waals surface area contributed by atoms with Gasteiger partial charge in [-0.25, -0.2) is 4.39 Å². The first-order chi connectivity index (χ1) is 4.64. The number of hydrogen-bond acceptors (Lipinski definition) is 0. The predicted molar refractivity (Wildman–Crippen MR) is 41.6 cm³/mol. The highest BCUT2D eigenvalue weighted by molar-refractivity contribution is 5.34. The Balaban J connectivity index is 2.72. The van der Waals surface area contributed by atoms with E-state index >= 15 is 0 Å². The number of allylic oxidation sites excluding steroid dienone is 5. The van der Waals surface area contributed by atoms with Crippen molar-refractivity contribution in [2.45, 2.75) is 19.0 Å². The molecule has 10 heavy (non-hydrogen) atoms. The molecule has 0 nitrogen and oxygen atoms in total. The van der Waals surface area contributed by atoms with Gasteiger partial charge < -0.3 is 0 Å². The van der Waals surface area contributed by atoms with E-state index in [2.05, 4.69) is 6.58 Å². The lowest BCUT2D eigenvalue weighted by molar-refractivity contribution is 0.259. The molecule has 0 amide bonds. The van der Waals surface area contributed by atoms with E-state index in [0.29, 0.717) is 6.42 Å². The topological polar surface area (TPSA) is 0 Å². The monoisotopic (exact) mass is 138 g/mol. The average Bonchev–Trinajstić information content (AvgIpc) is 1.88. The highest BCUT2D eigenvalue weighted by Gasteiger charge is 2.19. The van der Waals surface area contributed by atoms with Gasteiger partial charge in [-0.15, -0.1) is 0 Å². The third-order valence-corrected chi connectivity index (χ3v) is 1.60. The maximum absolute atomic E-state index is 13.0. The van der Waals surface area contributed by atoms with Crippen LogP contribution in [0.3, 0.4) is 0 Å². The van der Waals surface area contributed by atoms with E-state index in [4.69, 9.17) is 0 Å². The van der Waals surface area contributed by atoms with Crippen LogP contribution in [0.15, 0.2) is 36.5 Å². The Morgan fingerprint density at radius 1 is 1.80 bits per heavy atom. The van der Waals surface area contributed by atoms with E-state index in [1.807, 2.05) is 6.08 Å². The molecule has 0 bridgehead atoms. The molecule has 1 aliphatic carbocycles. The molecular weight excluding hydrogens is 127 g/mol. The Bertz CT molecular complexity index is 197. The molecule has 1 atom stereocenters. The van der Waals surface area contributed by atoms with E-state index in [9.17, 15) is 4.39 Å². The van der Waals surface area contributed by atoms with Crippen LogP contribution in [0.4, 0.5) is 4.39 Å². The summed E-state index contributed by atoms with van der Waals surface area (Å²) in [6.45, 7) is 5.16. The zero-order valence-corrected chi connectivity index (χ0v) is 6.10. The van der Waals surface area contributed by atoms with Crippen LogP contribution in [0.2, 0.25) is 0 Å². The van der Waals surface area contributed by atoms with Crippen LogP contribution in [0.5, 0.6) is 0 Å². The van der Waals surface area contributed by atoms with Crippen molar-refractivity contribution in [3.05, 3.63) is 36.5 Å². The van der Waals surface area contributed by atoms with Crippen LogP contribution in [-0.4, -0.2) is 5.67 Å². The first-order valence-corrected chi connectivity index (χ1v) is 3.35. The number of alkyl halides is 1. The summed E-state index contributed by atoms with van der Waals surface area (Å²) in [5.74, 6) is 0. The second kappa shape index (κ2) is 2.41. The highest BCUT2D eigenvalue weighted by atomic mass is 19.1. The first kappa shape index (κ1) is 7.26. The number of halogens is 1. The lowest BCUT2D eigenvalue weighted by Crippen LogP contribution is -2.14. The van der Waals surface area contributed by atoms with Crippen LogP contribution in [0, 0.1) is 0 Å². The molecule has 0 radical (unpaired) electrons. The minimum atomic E-state index is -1.15. The van der Waals surface area contributed by atoms with E-state index in [-0.39, 0.29) is 0 Å². The Labute approximate surface area is 60.7 Å². The molecule has 0 aromatic rings. The maximum atomic E-state index is 13.0. The van der Waals surface area contributed by atoms with Gasteiger partial charge in [0, 0.05) is 6.42 Å². The van der Waals surface area contributed by atoms with Gasteiger partial charge in [0.1, 0.15) is 5.67 Å². The quantitative estimate of drug-likeness (QED) is 0.522. The lowest BCUT2D eigenvalue weighted by atomic mass is 9.96. The molecule has 1 heteroatoms. The minimum absolute atomic E-state index is 0.463. The van der Waals surface area contributed by atoms with Crippen LogP contribution < -0.4 is 0 Å². The molecule has 1 rings (SSSR count). The summed E-state index contributed by atoms with van der Waals surface area (Å²) in [5, 5.41) is 0. The zero-order chi connectivity index (χ0) is 7.61. The second-order valence-corrected chi connectivity index (χ2v) is 2.72. The maximum Gasteiger partial charge on any atom is 0.130 e. The minimum Gasteiger partial charge on any atom is -0.239 e. The van der Waals surface area contributed by atoms with Crippen molar-refractivity contribution >= 4 is 0 Å². The molecule has 0 N–H and O–H groups in total. The average molecular weight is 138 g/mol. The lowest BCUT2D eigenvalue weighted by Gasteiger charge is -2.17. The molecule has 0 aromatic heterocycles. The molecule has 0 aliphatic heterocycles. The van der Waals surface area contributed by atoms with E-state index in [1.54, 1.807) is 25.2 Å². The van der Waals surface area contributed by atoms with Crippen molar-refractivity contribution in [2.75, 3.05) is 0 Å². The fourth-order valence-electron chi connectivity index (χ4n) is 0.875. The van der Waals surface area contributed by atoms with Crippen LogP contribution >= 0.6 is 0 Å². The van der Waals surface area contributed by atoms with Crippen LogP contribution in [0.1, 0.15) is 13.3 Å². The van der Waals surface area contributed by atoms with Gasteiger partial charge in [-0.05, 0) is 18.6 Å². The van der Waals surface area contributed by atoms with Crippen molar-refractivity contribution in [3.8, 4) is 0 Å². The molecule has 0 saturated carbocycles. The van der Waals surface area contributed by atoms with Gasteiger partial charge in [0.2, 0.25) is 0 Å². The SMILES string of the molecule is C=CC1=CCC(C)(F)C=C1. The van der Waals surface area contributed by atoms with Gasteiger partial charge >= 0.3 is 0 Å². The van der Waals surface area contributed by atoms with Crippen LogP contribution in [0.25, 0.3) is 0 Å². The molecular formula is C9H11F. The number of hydrogen-bond donors (Lipinski definition) is 0. The third-order valence-electron chi connectivity index (χ3n) is 1.60. The summed E-state index contributed by atoms with van der Waals surface area (Å²) in [6, 6.07) is 0.